The van der Waals surface area contributed by atoms with Crippen molar-refractivity contribution in [2.75, 3.05) is 13.1 Å². The fourth-order valence-corrected chi connectivity index (χ4v) is 3.45. The smallest absolute Gasteiger partial charge is 0.410 e. The van der Waals surface area contributed by atoms with Crippen molar-refractivity contribution in [2.24, 2.45) is 0 Å². The van der Waals surface area contributed by atoms with Crippen molar-refractivity contribution in [3.8, 4) is 0 Å². The monoisotopic (exact) mass is 427 g/mol. The van der Waals surface area contributed by atoms with Gasteiger partial charge in [0.05, 0.1) is 17.8 Å². The zero-order chi connectivity index (χ0) is 16.6. The molecule has 5 nitrogen and oxygen atoms in total. The molecule has 0 unspecified atom stereocenters. The van der Waals surface area contributed by atoms with Gasteiger partial charge in [0.15, 0.2) is 0 Å². The van der Waals surface area contributed by atoms with Crippen LogP contribution in [-0.2, 0) is 4.74 Å². The summed E-state index contributed by atoms with van der Waals surface area (Å²) < 4.78 is 8.78. The van der Waals surface area contributed by atoms with Crippen molar-refractivity contribution >= 4 is 39.6 Å². The first-order valence-corrected chi connectivity index (χ1v) is 9.02. The highest BCUT2D eigenvalue weighted by Crippen LogP contribution is 2.27. The molecule has 1 aliphatic heterocycles. The highest BCUT2D eigenvalue weighted by Gasteiger charge is 2.28. The number of amides is 1. The van der Waals surface area contributed by atoms with Crippen LogP contribution in [0.3, 0.4) is 0 Å². The lowest BCUT2D eigenvalue weighted by molar-refractivity contribution is 0.0186. The third-order valence-corrected chi connectivity index (χ3v) is 4.69. The average molecular weight is 427 g/mol. The second-order valence-corrected chi connectivity index (χ2v) is 8.24. The molecule has 124 valence electrons. The van der Waals surface area contributed by atoms with E-state index < -0.39 is 5.60 Å². The number of aromatic nitrogens is 2. The van der Waals surface area contributed by atoms with Crippen molar-refractivity contribution in [3.63, 3.8) is 0 Å². The SMILES string of the molecule is CC(C)(C)OC(=O)N1CCC(n2ncc3cc(I)ccc32)CC1. The lowest BCUT2D eigenvalue weighted by atomic mass is 10.1. The number of piperidine rings is 1. The van der Waals surface area contributed by atoms with E-state index in [9.17, 15) is 4.79 Å². The third-order valence-electron chi connectivity index (χ3n) is 4.02. The van der Waals surface area contributed by atoms with Crippen LogP contribution in [0, 0.1) is 3.57 Å². The molecular weight excluding hydrogens is 405 g/mol. The number of likely N-dealkylation sites (tertiary alicyclic amines) is 1. The topological polar surface area (TPSA) is 47.4 Å². The molecule has 6 heteroatoms. The van der Waals surface area contributed by atoms with E-state index in [4.69, 9.17) is 4.74 Å². The zero-order valence-electron chi connectivity index (χ0n) is 13.8. The van der Waals surface area contributed by atoms with Gasteiger partial charge in [0.2, 0.25) is 0 Å². The number of ether oxygens (including phenoxy) is 1. The van der Waals surface area contributed by atoms with E-state index in [1.54, 1.807) is 4.90 Å². The number of rotatable bonds is 1. The summed E-state index contributed by atoms with van der Waals surface area (Å²) in [5, 5.41) is 5.74. The lowest BCUT2D eigenvalue weighted by Gasteiger charge is -2.33. The summed E-state index contributed by atoms with van der Waals surface area (Å²) in [6.45, 7) is 7.12. The second kappa shape index (κ2) is 6.30. The molecule has 0 atom stereocenters. The number of carbonyl (C=O) groups is 1. The predicted molar refractivity (Wildman–Crippen MR) is 98.5 cm³/mol. The first-order valence-electron chi connectivity index (χ1n) is 7.94. The Balaban J connectivity index is 1.67. The van der Waals surface area contributed by atoms with E-state index in [0.717, 1.165) is 12.8 Å². The molecular formula is C17H22IN3O2. The van der Waals surface area contributed by atoms with Gasteiger partial charge >= 0.3 is 6.09 Å². The van der Waals surface area contributed by atoms with Gasteiger partial charge < -0.3 is 9.64 Å². The summed E-state index contributed by atoms with van der Waals surface area (Å²) in [4.78, 5) is 13.9. The predicted octanol–water partition coefficient (Wildman–Crippen LogP) is 4.21. The Morgan fingerprint density at radius 2 is 2.00 bits per heavy atom. The van der Waals surface area contributed by atoms with Crippen LogP contribution in [0.1, 0.15) is 39.7 Å². The van der Waals surface area contributed by atoms with Crippen molar-refractivity contribution in [2.45, 2.75) is 45.3 Å². The molecule has 2 heterocycles. The molecule has 1 aromatic heterocycles. The number of carbonyl (C=O) groups excluding carboxylic acids is 1. The van der Waals surface area contributed by atoms with Crippen molar-refractivity contribution in [3.05, 3.63) is 28.0 Å². The van der Waals surface area contributed by atoms with Crippen LogP contribution in [0.25, 0.3) is 10.9 Å². The zero-order valence-corrected chi connectivity index (χ0v) is 15.9. The summed E-state index contributed by atoms with van der Waals surface area (Å²) in [6, 6.07) is 6.72. The van der Waals surface area contributed by atoms with Crippen LogP contribution < -0.4 is 0 Å². The molecule has 0 spiro atoms. The van der Waals surface area contributed by atoms with Crippen LogP contribution in [-0.4, -0.2) is 39.5 Å². The molecule has 0 bridgehead atoms. The van der Waals surface area contributed by atoms with E-state index in [-0.39, 0.29) is 6.09 Å². The molecule has 2 aromatic rings. The first kappa shape index (κ1) is 16.5. The van der Waals surface area contributed by atoms with Crippen LogP contribution >= 0.6 is 22.6 Å². The lowest BCUT2D eigenvalue weighted by Crippen LogP contribution is -2.42. The Labute approximate surface area is 150 Å². The maximum Gasteiger partial charge on any atom is 0.410 e. The minimum absolute atomic E-state index is 0.212. The van der Waals surface area contributed by atoms with Crippen LogP contribution in [0.15, 0.2) is 24.4 Å². The van der Waals surface area contributed by atoms with E-state index in [1.807, 2.05) is 27.0 Å². The fraction of sp³-hybridized carbons (Fsp3) is 0.529. The highest BCUT2D eigenvalue weighted by atomic mass is 127. The normalized spacial score (nSPS) is 16.8. The molecule has 1 aromatic carbocycles. The molecule has 0 radical (unpaired) electrons. The number of hydrogen-bond donors (Lipinski definition) is 0. The van der Waals surface area contributed by atoms with E-state index in [0.29, 0.717) is 19.1 Å². The molecule has 0 saturated carbocycles. The first-order chi connectivity index (χ1) is 10.8. The van der Waals surface area contributed by atoms with Gasteiger partial charge in [0.1, 0.15) is 5.60 Å². The third kappa shape index (κ3) is 3.79. The molecule has 23 heavy (non-hydrogen) atoms. The van der Waals surface area contributed by atoms with Gasteiger partial charge in [0, 0.05) is 22.0 Å². The standard InChI is InChI=1S/C17H22IN3O2/c1-17(2,3)23-16(22)20-8-6-14(7-9-20)21-15-5-4-13(18)10-12(15)11-19-21/h4-5,10-11,14H,6-9H2,1-3H3. The maximum atomic E-state index is 12.1. The minimum Gasteiger partial charge on any atom is -0.444 e. The van der Waals surface area contributed by atoms with Crippen molar-refractivity contribution in [1.29, 1.82) is 0 Å². The quantitative estimate of drug-likeness (QED) is 0.641. The largest absolute Gasteiger partial charge is 0.444 e. The van der Waals surface area contributed by atoms with Crippen LogP contribution in [0.5, 0.6) is 0 Å². The molecule has 0 aliphatic carbocycles. The molecule has 1 aliphatic rings. The van der Waals surface area contributed by atoms with Gasteiger partial charge in [-0.3, -0.25) is 4.68 Å². The minimum atomic E-state index is -0.441. The Morgan fingerprint density at radius 1 is 1.30 bits per heavy atom. The van der Waals surface area contributed by atoms with Gasteiger partial charge in [-0.1, -0.05) is 0 Å². The molecule has 1 amide bonds. The summed E-state index contributed by atoms with van der Waals surface area (Å²) in [6.07, 6.45) is 3.53. The Morgan fingerprint density at radius 3 is 2.65 bits per heavy atom. The summed E-state index contributed by atoms with van der Waals surface area (Å²) >= 11 is 2.32. The van der Waals surface area contributed by atoms with E-state index in [2.05, 4.69) is 50.6 Å². The Bertz CT molecular complexity index is 712. The average Bonchev–Trinajstić information content (AvgIpc) is 2.88. The second-order valence-electron chi connectivity index (χ2n) is 6.99. The summed E-state index contributed by atoms with van der Waals surface area (Å²) in [7, 11) is 0. The van der Waals surface area contributed by atoms with Crippen LogP contribution in [0.2, 0.25) is 0 Å². The van der Waals surface area contributed by atoms with Crippen molar-refractivity contribution < 1.29 is 9.53 Å². The van der Waals surface area contributed by atoms with Crippen molar-refractivity contribution in [1.82, 2.24) is 14.7 Å². The molecule has 1 saturated heterocycles. The van der Waals surface area contributed by atoms with Gasteiger partial charge in [-0.25, -0.2) is 4.79 Å². The number of fused-ring (bicyclic) bond motifs is 1. The maximum absolute atomic E-state index is 12.1. The molecule has 0 N–H and O–H groups in total. The van der Waals surface area contributed by atoms with Gasteiger partial charge in [-0.2, -0.15) is 5.10 Å². The highest BCUT2D eigenvalue weighted by molar-refractivity contribution is 14.1. The summed E-state index contributed by atoms with van der Waals surface area (Å²) in [5.74, 6) is 0. The van der Waals surface area contributed by atoms with Gasteiger partial charge in [0.25, 0.3) is 0 Å². The number of benzene rings is 1. The molecule has 1 fully saturated rings. The fourth-order valence-electron chi connectivity index (χ4n) is 2.93. The number of nitrogens with zero attached hydrogens (tertiary/aromatic N) is 3. The van der Waals surface area contributed by atoms with Gasteiger partial charge in [-0.05, 0) is 74.4 Å². The van der Waals surface area contributed by atoms with Crippen LogP contribution in [0.4, 0.5) is 4.79 Å². The van der Waals surface area contributed by atoms with Gasteiger partial charge in [-0.15, -0.1) is 0 Å². The van der Waals surface area contributed by atoms with E-state index >= 15 is 0 Å². The molecule has 3 rings (SSSR count). The summed E-state index contributed by atoms with van der Waals surface area (Å²) in [5.41, 5.74) is 0.727. The number of halogens is 1. The Hall–Kier alpha value is -1.31. The number of hydrogen-bond acceptors (Lipinski definition) is 3. The van der Waals surface area contributed by atoms with E-state index in [1.165, 1.54) is 14.5 Å². The Kier molecular flexibility index (Phi) is 4.53.